The Hall–Kier alpha value is -2.67. The number of likely N-dealkylation sites (tertiary alicyclic amines) is 1. The third-order valence-corrected chi connectivity index (χ3v) is 5.44. The number of anilines is 2. The highest BCUT2D eigenvalue weighted by atomic mass is 19.1. The van der Waals surface area contributed by atoms with E-state index in [0.717, 1.165) is 43.0 Å². The van der Waals surface area contributed by atoms with E-state index in [0.29, 0.717) is 17.5 Å². The van der Waals surface area contributed by atoms with Gasteiger partial charge in [-0.25, -0.2) is 13.9 Å². The van der Waals surface area contributed by atoms with Gasteiger partial charge in [-0.05, 0) is 57.5 Å². The number of likely N-dealkylation sites (N-methyl/N-ethyl adjacent to an activating group) is 1. The van der Waals surface area contributed by atoms with Crippen LogP contribution in [0.1, 0.15) is 37.3 Å². The van der Waals surface area contributed by atoms with Crippen LogP contribution in [0.5, 0.6) is 5.88 Å². The van der Waals surface area contributed by atoms with E-state index in [1.807, 2.05) is 22.8 Å². The number of nitrogens with zero attached hydrogens (tertiary/aromatic N) is 4. The molecular formula is C21H24FN5O. The largest absolute Gasteiger partial charge is 0.472 e. The molecule has 1 saturated heterocycles. The van der Waals surface area contributed by atoms with Crippen molar-refractivity contribution in [2.45, 2.75) is 37.7 Å². The summed E-state index contributed by atoms with van der Waals surface area (Å²) in [5.41, 5.74) is 3.29. The number of imidazole rings is 1. The lowest BCUT2D eigenvalue weighted by Gasteiger charge is -2.29. The van der Waals surface area contributed by atoms with E-state index >= 15 is 0 Å². The molecule has 28 heavy (non-hydrogen) atoms. The molecule has 5 rings (SSSR count). The quantitative estimate of drug-likeness (QED) is 0.725. The van der Waals surface area contributed by atoms with Gasteiger partial charge in [0.15, 0.2) is 5.65 Å². The number of piperidine rings is 1. The van der Waals surface area contributed by atoms with Crippen molar-refractivity contribution in [3.63, 3.8) is 0 Å². The molecule has 146 valence electrons. The summed E-state index contributed by atoms with van der Waals surface area (Å²) < 4.78 is 21.8. The average Bonchev–Trinajstić information content (AvgIpc) is 3.41. The maximum atomic E-state index is 13.6. The predicted octanol–water partition coefficient (Wildman–Crippen LogP) is 3.96. The van der Waals surface area contributed by atoms with Gasteiger partial charge in [0.25, 0.3) is 0 Å². The molecule has 1 aliphatic carbocycles. The fourth-order valence-corrected chi connectivity index (χ4v) is 3.88. The summed E-state index contributed by atoms with van der Waals surface area (Å²) in [6, 6.07) is 8.30. The van der Waals surface area contributed by atoms with Crippen molar-refractivity contribution >= 4 is 17.0 Å². The van der Waals surface area contributed by atoms with Gasteiger partial charge in [-0.2, -0.15) is 0 Å². The van der Waals surface area contributed by atoms with Gasteiger partial charge in [0.05, 0.1) is 17.6 Å². The Bertz CT molecular complexity index is 1000. The number of halogens is 1. The molecule has 1 aliphatic heterocycles. The van der Waals surface area contributed by atoms with Gasteiger partial charge in [0.2, 0.25) is 5.88 Å². The van der Waals surface area contributed by atoms with Crippen molar-refractivity contribution in [1.29, 1.82) is 0 Å². The second-order valence-corrected chi connectivity index (χ2v) is 7.87. The van der Waals surface area contributed by atoms with Crippen molar-refractivity contribution in [2.24, 2.45) is 0 Å². The lowest BCUT2D eigenvalue weighted by molar-refractivity contribution is 0.0988. The molecule has 0 spiro atoms. The summed E-state index contributed by atoms with van der Waals surface area (Å²) in [6.45, 7) is 2.00. The van der Waals surface area contributed by atoms with Crippen molar-refractivity contribution in [1.82, 2.24) is 19.5 Å². The van der Waals surface area contributed by atoms with E-state index in [1.165, 1.54) is 25.0 Å². The highest BCUT2D eigenvalue weighted by molar-refractivity contribution is 5.74. The molecule has 2 aromatic heterocycles. The van der Waals surface area contributed by atoms with Gasteiger partial charge in [-0.3, -0.25) is 0 Å². The molecule has 1 aromatic carbocycles. The molecule has 6 nitrogen and oxygen atoms in total. The normalized spacial score (nSPS) is 20.4. The Balaban J connectivity index is 1.51. The fraction of sp³-hybridized carbons (Fsp3) is 0.429. The van der Waals surface area contributed by atoms with Crippen molar-refractivity contribution in [3.05, 3.63) is 48.0 Å². The van der Waals surface area contributed by atoms with Gasteiger partial charge in [0.1, 0.15) is 11.9 Å². The molecule has 0 amide bonds. The minimum absolute atomic E-state index is 0.124. The minimum Gasteiger partial charge on any atom is -0.472 e. The number of hydrogen-bond donors (Lipinski definition) is 1. The Kier molecular flexibility index (Phi) is 4.39. The average molecular weight is 381 g/mol. The van der Waals surface area contributed by atoms with Gasteiger partial charge in [-0.1, -0.05) is 6.07 Å². The molecule has 3 aromatic rings. The first-order valence-electron chi connectivity index (χ1n) is 9.92. The van der Waals surface area contributed by atoms with Crippen LogP contribution in [0.4, 0.5) is 15.8 Å². The molecule has 0 bridgehead atoms. The topological polar surface area (TPSA) is 54.7 Å². The summed E-state index contributed by atoms with van der Waals surface area (Å²) in [5.74, 6) is 0.811. The first kappa shape index (κ1) is 17.4. The van der Waals surface area contributed by atoms with E-state index < -0.39 is 0 Å². The standard InChI is InChI=1S/C21H24FN5O/c1-26-9-3-6-17(13-26)28-20-11-18(24-16-5-2-4-15(22)10-16)21-23-12-19(14-7-8-14)27(21)25-20/h2,4-5,10-12,14,17,24H,3,6-9,13H2,1H3/t17-/m0/s1. The molecule has 2 aliphatic rings. The number of aromatic nitrogens is 3. The zero-order chi connectivity index (χ0) is 19.1. The number of benzene rings is 1. The molecule has 1 atom stereocenters. The molecule has 1 saturated carbocycles. The highest BCUT2D eigenvalue weighted by Gasteiger charge is 2.29. The number of rotatable bonds is 5. The Labute approximate surface area is 163 Å². The molecule has 2 fully saturated rings. The van der Waals surface area contributed by atoms with Crippen molar-refractivity contribution < 1.29 is 9.13 Å². The Morgan fingerprint density at radius 1 is 1.21 bits per heavy atom. The Morgan fingerprint density at radius 2 is 2.11 bits per heavy atom. The van der Waals surface area contributed by atoms with Crippen LogP contribution in [0.3, 0.4) is 0 Å². The second kappa shape index (κ2) is 7.05. The lowest BCUT2D eigenvalue weighted by atomic mass is 10.1. The van der Waals surface area contributed by atoms with Gasteiger partial charge < -0.3 is 15.0 Å². The van der Waals surface area contributed by atoms with E-state index in [-0.39, 0.29) is 11.9 Å². The molecule has 0 radical (unpaired) electrons. The second-order valence-electron chi connectivity index (χ2n) is 7.87. The third kappa shape index (κ3) is 3.54. The first-order valence-corrected chi connectivity index (χ1v) is 9.92. The predicted molar refractivity (Wildman–Crippen MR) is 106 cm³/mol. The maximum absolute atomic E-state index is 13.6. The monoisotopic (exact) mass is 381 g/mol. The summed E-state index contributed by atoms with van der Waals surface area (Å²) in [6.07, 6.45) is 6.50. The number of ether oxygens (including phenoxy) is 1. The number of nitrogens with one attached hydrogen (secondary N) is 1. The first-order chi connectivity index (χ1) is 13.7. The lowest BCUT2D eigenvalue weighted by Crippen LogP contribution is -2.38. The van der Waals surface area contributed by atoms with Crippen LogP contribution in [0.2, 0.25) is 0 Å². The summed E-state index contributed by atoms with van der Waals surface area (Å²) in [5, 5.41) is 8.03. The van der Waals surface area contributed by atoms with Crippen LogP contribution in [-0.4, -0.2) is 45.7 Å². The zero-order valence-electron chi connectivity index (χ0n) is 15.9. The minimum atomic E-state index is -0.279. The molecule has 0 unspecified atom stereocenters. The molecular weight excluding hydrogens is 357 g/mol. The summed E-state index contributed by atoms with van der Waals surface area (Å²) in [4.78, 5) is 6.86. The van der Waals surface area contributed by atoms with Crippen LogP contribution in [-0.2, 0) is 0 Å². The van der Waals surface area contributed by atoms with Gasteiger partial charge in [0, 0.05) is 24.2 Å². The van der Waals surface area contributed by atoms with Crippen LogP contribution in [0, 0.1) is 5.82 Å². The number of hydrogen-bond acceptors (Lipinski definition) is 5. The van der Waals surface area contributed by atoms with Crippen LogP contribution in [0.25, 0.3) is 5.65 Å². The van der Waals surface area contributed by atoms with Crippen molar-refractivity contribution in [2.75, 3.05) is 25.5 Å². The van der Waals surface area contributed by atoms with Crippen LogP contribution >= 0.6 is 0 Å². The van der Waals surface area contributed by atoms with E-state index in [4.69, 9.17) is 9.84 Å². The molecule has 1 N–H and O–H groups in total. The molecule has 3 heterocycles. The van der Waals surface area contributed by atoms with E-state index in [2.05, 4.69) is 22.2 Å². The summed E-state index contributed by atoms with van der Waals surface area (Å²) in [7, 11) is 2.12. The number of fused-ring (bicyclic) bond motifs is 1. The van der Waals surface area contributed by atoms with E-state index in [1.54, 1.807) is 6.07 Å². The third-order valence-electron chi connectivity index (χ3n) is 5.44. The highest BCUT2D eigenvalue weighted by Crippen LogP contribution is 2.41. The van der Waals surface area contributed by atoms with Gasteiger partial charge >= 0.3 is 0 Å². The molecule has 7 heteroatoms. The van der Waals surface area contributed by atoms with E-state index in [9.17, 15) is 4.39 Å². The SMILES string of the molecule is CN1CCC[C@H](Oc2cc(Nc3cccc(F)c3)c3ncc(C4CC4)n3n2)C1. The van der Waals surface area contributed by atoms with Crippen LogP contribution in [0.15, 0.2) is 36.5 Å². The fourth-order valence-electron chi connectivity index (χ4n) is 3.88. The van der Waals surface area contributed by atoms with Crippen molar-refractivity contribution in [3.8, 4) is 5.88 Å². The van der Waals surface area contributed by atoms with Gasteiger partial charge in [-0.15, -0.1) is 5.10 Å². The maximum Gasteiger partial charge on any atom is 0.234 e. The Morgan fingerprint density at radius 3 is 2.89 bits per heavy atom. The summed E-state index contributed by atoms with van der Waals surface area (Å²) >= 11 is 0. The zero-order valence-corrected chi connectivity index (χ0v) is 15.9. The van der Waals surface area contributed by atoms with Crippen LogP contribution < -0.4 is 10.1 Å². The smallest absolute Gasteiger partial charge is 0.234 e.